The average Bonchev–Trinajstić information content (AvgIpc) is 2.71. The van der Waals surface area contributed by atoms with Crippen molar-refractivity contribution in [2.75, 3.05) is 52.5 Å². The average molecular weight is 408 g/mol. The molecular weight excluding hydrogens is 370 g/mol. The van der Waals surface area contributed by atoms with Gasteiger partial charge in [-0.05, 0) is 38.0 Å². The zero-order valence-corrected chi connectivity index (χ0v) is 18.1. The number of nitrogens with zero attached hydrogens (tertiary/aromatic N) is 2. The number of morpholine rings is 1. The third-order valence-corrected chi connectivity index (χ3v) is 4.97. The van der Waals surface area contributed by atoms with Crippen molar-refractivity contribution in [3.63, 3.8) is 0 Å². The molecule has 1 aromatic rings. The second kappa shape index (κ2) is 12.1. The first kappa shape index (κ1) is 23.6. The second-order valence-electron chi connectivity index (χ2n) is 8.57. The van der Waals surface area contributed by atoms with Crippen molar-refractivity contribution in [1.82, 2.24) is 15.3 Å². The smallest absolute Gasteiger partial charge is 0.434 e. The molecule has 0 spiro atoms. The summed E-state index contributed by atoms with van der Waals surface area (Å²) in [5.41, 5.74) is 0.642. The molecule has 2 N–H and O–H groups in total. The van der Waals surface area contributed by atoms with Crippen LogP contribution in [0.2, 0.25) is 0 Å². The Morgan fingerprint density at radius 2 is 1.86 bits per heavy atom. The molecule has 1 aromatic carbocycles. The van der Waals surface area contributed by atoms with Gasteiger partial charge in [-0.25, -0.2) is 4.79 Å². The van der Waals surface area contributed by atoms with E-state index in [0.29, 0.717) is 11.5 Å². The molecule has 7 heteroatoms. The second-order valence-corrected chi connectivity index (χ2v) is 8.57. The van der Waals surface area contributed by atoms with E-state index >= 15 is 0 Å². The minimum absolute atomic E-state index is 0.237. The number of rotatable bonds is 10. The van der Waals surface area contributed by atoms with Gasteiger partial charge in [-0.1, -0.05) is 51.1 Å². The summed E-state index contributed by atoms with van der Waals surface area (Å²) in [4.78, 5) is 14.7. The largest absolute Gasteiger partial charge is 0.439 e. The standard InChI is InChI=1S/C22H37N3O4/c1-22(2,3)20(19-9-5-4-6-10-19)29-21(26)25(27)14-8-12-23-11-7-13-24-15-17-28-18-16-24/h4-6,9-10,20,23,27H,7-8,11-18H2,1-3H3. The Kier molecular flexibility index (Phi) is 9.87. The molecule has 2 rings (SSSR count). The Morgan fingerprint density at radius 3 is 2.52 bits per heavy atom. The van der Waals surface area contributed by atoms with E-state index in [2.05, 4.69) is 10.2 Å². The maximum absolute atomic E-state index is 12.3. The van der Waals surface area contributed by atoms with Crippen LogP contribution in [-0.2, 0) is 9.47 Å². The van der Waals surface area contributed by atoms with Crippen LogP contribution >= 0.6 is 0 Å². The molecule has 0 radical (unpaired) electrons. The van der Waals surface area contributed by atoms with Gasteiger partial charge in [0.25, 0.3) is 0 Å². The Balaban J connectivity index is 1.63. The summed E-state index contributed by atoms with van der Waals surface area (Å²) in [5, 5.41) is 14.1. The van der Waals surface area contributed by atoms with Crippen LogP contribution in [0.5, 0.6) is 0 Å². The quantitative estimate of drug-likeness (QED) is 0.352. The summed E-state index contributed by atoms with van der Waals surface area (Å²) in [6, 6.07) is 9.64. The fourth-order valence-electron chi connectivity index (χ4n) is 3.36. The summed E-state index contributed by atoms with van der Waals surface area (Å²) in [6.07, 6.45) is 0.606. The topological polar surface area (TPSA) is 74.3 Å². The van der Waals surface area contributed by atoms with Gasteiger partial charge < -0.3 is 14.8 Å². The predicted octanol–water partition coefficient (Wildman–Crippen LogP) is 3.30. The molecule has 7 nitrogen and oxygen atoms in total. The number of carbonyl (C=O) groups excluding carboxylic acids is 1. The third-order valence-electron chi connectivity index (χ3n) is 4.97. The Hall–Kier alpha value is -1.67. The molecule has 1 aliphatic rings. The first-order chi connectivity index (χ1) is 13.9. The normalized spacial score (nSPS) is 16.4. The predicted molar refractivity (Wildman–Crippen MR) is 113 cm³/mol. The number of ether oxygens (including phenoxy) is 2. The molecule has 1 heterocycles. The lowest BCUT2D eigenvalue weighted by atomic mass is 9.84. The molecule has 1 saturated heterocycles. The highest BCUT2D eigenvalue weighted by atomic mass is 16.6. The van der Waals surface area contributed by atoms with Crippen LogP contribution in [0.1, 0.15) is 45.3 Å². The fourth-order valence-corrected chi connectivity index (χ4v) is 3.36. The van der Waals surface area contributed by atoms with E-state index in [4.69, 9.17) is 9.47 Å². The molecule has 1 atom stereocenters. The Labute approximate surface area is 174 Å². The van der Waals surface area contributed by atoms with Crippen LogP contribution in [0.3, 0.4) is 0 Å². The van der Waals surface area contributed by atoms with Gasteiger partial charge in [-0.15, -0.1) is 0 Å². The molecule has 1 unspecified atom stereocenters. The molecule has 1 aliphatic heterocycles. The van der Waals surface area contributed by atoms with Gasteiger partial charge in [0.15, 0.2) is 0 Å². The monoisotopic (exact) mass is 407 g/mol. The van der Waals surface area contributed by atoms with Gasteiger partial charge in [0, 0.05) is 18.5 Å². The summed E-state index contributed by atoms with van der Waals surface area (Å²) in [5.74, 6) is 0. The van der Waals surface area contributed by atoms with E-state index in [0.717, 1.165) is 57.9 Å². The number of benzene rings is 1. The van der Waals surface area contributed by atoms with E-state index in [1.807, 2.05) is 51.1 Å². The Morgan fingerprint density at radius 1 is 1.21 bits per heavy atom. The zero-order valence-electron chi connectivity index (χ0n) is 18.1. The van der Waals surface area contributed by atoms with Gasteiger partial charge in [-0.3, -0.25) is 10.1 Å². The van der Waals surface area contributed by atoms with Crippen LogP contribution in [0.4, 0.5) is 4.79 Å². The number of nitrogens with one attached hydrogen (secondary N) is 1. The van der Waals surface area contributed by atoms with Crippen molar-refractivity contribution in [2.24, 2.45) is 5.41 Å². The number of hydrogen-bond donors (Lipinski definition) is 2. The van der Waals surface area contributed by atoms with Gasteiger partial charge in [-0.2, -0.15) is 5.06 Å². The first-order valence-electron chi connectivity index (χ1n) is 10.6. The minimum atomic E-state index is -0.707. The summed E-state index contributed by atoms with van der Waals surface area (Å²) in [6.45, 7) is 12.7. The van der Waals surface area contributed by atoms with Crippen molar-refractivity contribution < 1.29 is 19.5 Å². The summed E-state index contributed by atoms with van der Waals surface area (Å²) < 4.78 is 11.0. The molecule has 1 amide bonds. The molecule has 0 aliphatic carbocycles. The molecule has 164 valence electrons. The molecule has 1 fully saturated rings. The van der Waals surface area contributed by atoms with Crippen LogP contribution in [0, 0.1) is 5.41 Å². The number of hydroxylamine groups is 2. The molecule has 0 saturated carbocycles. The zero-order chi connectivity index (χ0) is 21.1. The van der Waals surface area contributed by atoms with Crippen molar-refractivity contribution in [3.05, 3.63) is 35.9 Å². The van der Waals surface area contributed by atoms with Crippen molar-refractivity contribution >= 4 is 6.09 Å². The fraction of sp³-hybridized carbons (Fsp3) is 0.682. The highest BCUT2D eigenvalue weighted by Crippen LogP contribution is 2.36. The molecule has 0 aromatic heterocycles. The van der Waals surface area contributed by atoms with E-state index in [-0.39, 0.29) is 12.0 Å². The summed E-state index contributed by atoms with van der Waals surface area (Å²) >= 11 is 0. The van der Waals surface area contributed by atoms with Gasteiger partial charge in [0.1, 0.15) is 6.10 Å². The highest BCUT2D eigenvalue weighted by molar-refractivity contribution is 5.66. The van der Waals surface area contributed by atoms with E-state index < -0.39 is 12.2 Å². The van der Waals surface area contributed by atoms with Gasteiger partial charge in [0.2, 0.25) is 0 Å². The van der Waals surface area contributed by atoms with Crippen molar-refractivity contribution in [1.29, 1.82) is 0 Å². The molecule has 0 bridgehead atoms. The Bertz CT molecular complexity index is 585. The summed E-state index contributed by atoms with van der Waals surface area (Å²) in [7, 11) is 0. The SMILES string of the molecule is CC(C)(C)C(OC(=O)N(O)CCCNCCCN1CCOCC1)c1ccccc1. The lowest BCUT2D eigenvalue weighted by Crippen LogP contribution is -2.38. The third kappa shape index (κ3) is 8.70. The maximum Gasteiger partial charge on any atom is 0.434 e. The minimum Gasteiger partial charge on any atom is -0.439 e. The lowest BCUT2D eigenvalue weighted by Gasteiger charge is -2.31. The number of amides is 1. The molecular formula is C22H37N3O4. The molecule has 29 heavy (non-hydrogen) atoms. The van der Waals surface area contributed by atoms with Crippen molar-refractivity contribution in [3.8, 4) is 0 Å². The first-order valence-corrected chi connectivity index (χ1v) is 10.6. The number of hydrogen-bond acceptors (Lipinski definition) is 6. The van der Waals surface area contributed by atoms with E-state index in [9.17, 15) is 10.0 Å². The van der Waals surface area contributed by atoms with Crippen LogP contribution in [-0.4, -0.2) is 73.7 Å². The van der Waals surface area contributed by atoms with Crippen LogP contribution < -0.4 is 5.32 Å². The number of carbonyl (C=O) groups is 1. The van der Waals surface area contributed by atoms with E-state index in [1.165, 1.54) is 0 Å². The van der Waals surface area contributed by atoms with E-state index in [1.54, 1.807) is 0 Å². The highest BCUT2D eigenvalue weighted by Gasteiger charge is 2.31. The van der Waals surface area contributed by atoms with Gasteiger partial charge >= 0.3 is 6.09 Å². The maximum atomic E-state index is 12.3. The van der Waals surface area contributed by atoms with Crippen LogP contribution in [0.25, 0.3) is 0 Å². The van der Waals surface area contributed by atoms with Crippen LogP contribution in [0.15, 0.2) is 30.3 Å². The van der Waals surface area contributed by atoms with Crippen molar-refractivity contribution in [2.45, 2.75) is 39.7 Å². The van der Waals surface area contributed by atoms with Gasteiger partial charge in [0.05, 0.1) is 19.8 Å². The lowest BCUT2D eigenvalue weighted by molar-refractivity contribution is -0.0959.